The van der Waals surface area contributed by atoms with Crippen molar-refractivity contribution in [2.45, 2.75) is 19.0 Å². The van der Waals surface area contributed by atoms with Gasteiger partial charge in [0.15, 0.2) is 0 Å². The fourth-order valence-corrected chi connectivity index (χ4v) is 3.45. The van der Waals surface area contributed by atoms with Crippen molar-refractivity contribution >= 4 is 10.9 Å². The zero-order valence-corrected chi connectivity index (χ0v) is 12.2. The highest BCUT2D eigenvalue weighted by atomic mass is 15.2. The lowest BCUT2D eigenvalue weighted by atomic mass is 10.2. The largest absolute Gasteiger partial charge is 0.343 e. The van der Waals surface area contributed by atoms with Gasteiger partial charge in [-0.25, -0.2) is 0 Å². The topological polar surface area (TPSA) is 8.17 Å². The lowest BCUT2D eigenvalue weighted by Crippen LogP contribution is -2.20. The maximum Gasteiger partial charge on any atom is 0.0483 e. The molecule has 1 atom stereocenters. The van der Waals surface area contributed by atoms with Gasteiger partial charge in [-0.1, -0.05) is 48.5 Å². The molecule has 3 aromatic rings. The summed E-state index contributed by atoms with van der Waals surface area (Å²) in [7, 11) is 0. The van der Waals surface area contributed by atoms with Crippen molar-refractivity contribution in [1.29, 1.82) is 0 Å². The second-order valence-corrected chi connectivity index (χ2v) is 5.95. The summed E-state index contributed by atoms with van der Waals surface area (Å²) in [6, 6.07) is 22.3. The third-order valence-electron chi connectivity index (χ3n) is 4.52. The van der Waals surface area contributed by atoms with E-state index in [0.717, 1.165) is 13.1 Å². The Morgan fingerprint density at radius 1 is 0.905 bits per heavy atom. The lowest BCUT2D eigenvalue weighted by Gasteiger charge is -2.17. The second kappa shape index (κ2) is 5.38. The molecular weight excluding hydrogens is 256 g/mol. The third kappa shape index (κ3) is 2.47. The Morgan fingerprint density at radius 3 is 2.62 bits per heavy atom. The number of para-hydroxylation sites is 1. The Morgan fingerprint density at radius 2 is 1.71 bits per heavy atom. The SMILES string of the molecule is c1ccc(CN2CCC(n3ccc4ccccc43)C2)cc1. The van der Waals surface area contributed by atoms with Crippen LogP contribution in [0.25, 0.3) is 10.9 Å². The normalized spacial score (nSPS) is 19.3. The molecule has 1 saturated heterocycles. The molecule has 4 rings (SSSR count). The van der Waals surface area contributed by atoms with Gasteiger partial charge in [0, 0.05) is 37.4 Å². The molecule has 0 spiro atoms. The van der Waals surface area contributed by atoms with Gasteiger partial charge in [-0.3, -0.25) is 4.90 Å². The van der Waals surface area contributed by atoms with Crippen molar-refractivity contribution < 1.29 is 0 Å². The van der Waals surface area contributed by atoms with Crippen LogP contribution < -0.4 is 0 Å². The average molecular weight is 276 g/mol. The molecule has 2 heteroatoms. The van der Waals surface area contributed by atoms with E-state index in [1.165, 1.54) is 29.4 Å². The molecule has 1 aliphatic heterocycles. The van der Waals surface area contributed by atoms with Crippen LogP contribution in [-0.2, 0) is 6.54 Å². The first-order chi connectivity index (χ1) is 10.4. The zero-order valence-electron chi connectivity index (χ0n) is 12.2. The first-order valence-electron chi connectivity index (χ1n) is 7.72. The molecule has 0 N–H and O–H groups in total. The van der Waals surface area contributed by atoms with Crippen LogP contribution in [0.4, 0.5) is 0 Å². The summed E-state index contributed by atoms with van der Waals surface area (Å²) in [5.41, 5.74) is 2.78. The van der Waals surface area contributed by atoms with Crippen LogP contribution >= 0.6 is 0 Å². The maximum absolute atomic E-state index is 2.56. The summed E-state index contributed by atoms with van der Waals surface area (Å²) in [5.74, 6) is 0. The minimum absolute atomic E-state index is 0.605. The minimum atomic E-state index is 0.605. The summed E-state index contributed by atoms with van der Waals surface area (Å²) in [5, 5.41) is 1.35. The maximum atomic E-state index is 2.56. The highest BCUT2D eigenvalue weighted by Crippen LogP contribution is 2.27. The number of likely N-dealkylation sites (tertiary alicyclic amines) is 1. The van der Waals surface area contributed by atoms with Gasteiger partial charge < -0.3 is 4.57 Å². The average Bonchev–Trinajstić information content (AvgIpc) is 3.14. The van der Waals surface area contributed by atoms with Crippen molar-refractivity contribution in [3.8, 4) is 0 Å². The van der Waals surface area contributed by atoms with Crippen molar-refractivity contribution in [3.63, 3.8) is 0 Å². The van der Waals surface area contributed by atoms with E-state index in [2.05, 4.69) is 76.3 Å². The van der Waals surface area contributed by atoms with Crippen LogP contribution in [-0.4, -0.2) is 22.6 Å². The Labute approximate surface area is 125 Å². The molecular formula is C19H20N2. The molecule has 1 unspecified atom stereocenters. The summed E-state index contributed by atoms with van der Waals surface area (Å²) in [6.07, 6.45) is 3.49. The summed E-state index contributed by atoms with van der Waals surface area (Å²) in [6.45, 7) is 3.40. The monoisotopic (exact) mass is 276 g/mol. The van der Waals surface area contributed by atoms with Crippen molar-refractivity contribution in [3.05, 3.63) is 72.4 Å². The van der Waals surface area contributed by atoms with Gasteiger partial charge in [0.1, 0.15) is 0 Å². The molecule has 2 aromatic carbocycles. The predicted octanol–water partition coefficient (Wildman–Crippen LogP) is 4.09. The molecule has 1 aliphatic rings. The van der Waals surface area contributed by atoms with Crippen molar-refractivity contribution in [2.75, 3.05) is 13.1 Å². The quantitative estimate of drug-likeness (QED) is 0.699. The number of hydrogen-bond acceptors (Lipinski definition) is 1. The van der Waals surface area contributed by atoms with Crippen LogP contribution in [0.2, 0.25) is 0 Å². The number of benzene rings is 2. The number of fused-ring (bicyclic) bond motifs is 1. The van der Waals surface area contributed by atoms with Crippen LogP contribution in [0.15, 0.2) is 66.9 Å². The third-order valence-corrected chi connectivity index (χ3v) is 4.52. The molecule has 21 heavy (non-hydrogen) atoms. The Kier molecular flexibility index (Phi) is 3.24. The lowest BCUT2D eigenvalue weighted by molar-refractivity contribution is 0.317. The first-order valence-corrected chi connectivity index (χ1v) is 7.72. The summed E-state index contributed by atoms with van der Waals surface area (Å²) < 4.78 is 2.46. The van der Waals surface area contributed by atoms with Crippen molar-refractivity contribution in [2.24, 2.45) is 0 Å². The molecule has 1 fully saturated rings. The molecule has 2 nitrogen and oxygen atoms in total. The second-order valence-electron chi connectivity index (χ2n) is 5.95. The van der Waals surface area contributed by atoms with Gasteiger partial charge in [0.05, 0.1) is 0 Å². The van der Waals surface area contributed by atoms with Crippen LogP contribution in [0.3, 0.4) is 0 Å². The van der Waals surface area contributed by atoms with Crippen molar-refractivity contribution in [1.82, 2.24) is 9.47 Å². The van der Waals surface area contributed by atoms with Gasteiger partial charge >= 0.3 is 0 Å². The molecule has 0 amide bonds. The first kappa shape index (κ1) is 12.7. The van der Waals surface area contributed by atoms with Gasteiger partial charge in [0.25, 0.3) is 0 Å². The minimum Gasteiger partial charge on any atom is -0.343 e. The molecule has 0 bridgehead atoms. The van der Waals surface area contributed by atoms with Crippen LogP contribution in [0.1, 0.15) is 18.0 Å². The van der Waals surface area contributed by atoms with E-state index >= 15 is 0 Å². The molecule has 106 valence electrons. The van der Waals surface area contributed by atoms with E-state index in [1.54, 1.807) is 0 Å². The van der Waals surface area contributed by atoms with Crippen LogP contribution in [0, 0.1) is 0 Å². The molecule has 1 aromatic heterocycles. The number of hydrogen-bond donors (Lipinski definition) is 0. The molecule has 2 heterocycles. The van der Waals surface area contributed by atoms with Gasteiger partial charge in [0.2, 0.25) is 0 Å². The number of aromatic nitrogens is 1. The summed E-state index contributed by atoms with van der Waals surface area (Å²) >= 11 is 0. The Hall–Kier alpha value is -2.06. The molecule has 0 aliphatic carbocycles. The molecule has 0 radical (unpaired) electrons. The Bertz CT molecular complexity index is 729. The van der Waals surface area contributed by atoms with E-state index in [9.17, 15) is 0 Å². The van der Waals surface area contributed by atoms with Crippen LogP contribution in [0.5, 0.6) is 0 Å². The Balaban J connectivity index is 1.51. The smallest absolute Gasteiger partial charge is 0.0483 e. The number of nitrogens with zero attached hydrogens (tertiary/aromatic N) is 2. The van der Waals surface area contributed by atoms with E-state index < -0.39 is 0 Å². The van der Waals surface area contributed by atoms with Gasteiger partial charge in [-0.2, -0.15) is 0 Å². The molecule has 0 saturated carbocycles. The van der Waals surface area contributed by atoms with E-state index in [-0.39, 0.29) is 0 Å². The predicted molar refractivity (Wildman–Crippen MR) is 87.3 cm³/mol. The van der Waals surface area contributed by atoms with Gasteiger partial charge in [-0.15, -0.1) is 0 Å². The van der Waals surface area contributed by atoms with E-state index in [1.807, 2.05) is 0 Å². The standard InChI is InChI=1S/C19H20N2/c1-2-6-16(7-3-1)14-20-12-11-18(15-20)21-13-10-17-8-4-5-9-19(17)21/h1-10,13,18H,11-12,14-15H2. The zero-order chi connectivity index (χ0) is 14.1. The number of rotatable bonds is 3. The summed E-state index contributed by atoms with van der Waals surface area (Å²) in [4.78, 5) is 2.56. The fourth-order valence-electron chi connectivity index (χ4n) is 3.45. The van der Waals surface area contributed by atoms with Gasteiger partial charge in [-0.05, 0) is 29.5 Å². The fraction of sp³-hybridized carbons (Fsp3) is 0.263. The highest BCUT2D eigenvalue weighted by molar-refractivity contribution is 5.80. The highest BCUT2D eigenvalue weighted by Gasteiger charge is 2.24. The van der Waals surface area contributed by atoms with E-state index in [4.69, 9.17) is 0 Å². The van der Waals surface area contributed by atoms with E-state index in [0.29, 0.717) is 6.04 Å².